The smallest absolute Gasteiger partial charge is 0.410 e. The number of nitrogens with one attached hydrogen (secondary N) is 1. The molecule has 7 heteroatoms. The molecule has 0 unspecified atom stereocenters. The lowest BCUT2D eigenvalue weighted by Crippen LogP contribution is -2.50. The first-order valence-corrected chi connectivity index (χ1v) is 7.48. The number of aromatic amines is 1. The summed E-state index contributed by atoms with van der Waals surface area (Å²) in [6.07, 6.45) is 2.81. The highest BCUT2D eigenvalue weighted by atomic mass is 16.6. The number of carbonyl (C=O) groups is 2. The Hall–Kier alpha value is -2.83. The van der Waals surface area contributed by atoms with Crippen LogP contribution in [0, 0.1) is 0 Å². The molecule has 3 rings (SSSR count). The average Bonchev–Trinajstić information content (AvgIpc) is 3.15. The quantitative estimate of drug-likeness (QED) is 0.931. The van der Waals surface area contributed by atoms with Crippen LogP contribution in [0.15, 0.2) is 42.7 Å². The van der Waals surface area contributed by atoms with Crippen LogP contribution in [0.1, 0.15) is 16.2 Å². The second-order valence-electron chi connectivity index (χ2n) is 5.26. The van der Waals surface area contributed by atoms with Crippen LogP contribution >= 0.6 is 0 Å². The summed E-state index contributed by atoms with van der Waals surface area (Å²) >= 11 is 0. The van der Waals surface area contributed by atoms with Crippen LogP contribution in [-0.4, -0.2) is 57.9 Å². The van der Waals surface area contributed by atoms with Crippen LogP contribution in [0.2, 0.25) is 0 Å². The van der Waals surface area contributed by atoms with Crippen LogP contribution in [0.5, 0.6) is 0 Å². The van der Waals surface area contributed by atoms with E-state index in [-0.39, 0.29) is 18.6 Å². The van der Waals surface area contributed by atoms with Gasteiger partial charge in [0, 0.05) is 38.6 Å². The van der Waals surface area contributed by atoms with E-state index in [4.69, 9.17) is 4.74 Å². The second kappa shape index (κ2) is 6.95. The summed E-state index contributed by atoms with van der Waals surface area (Å²) in [5.41, 5.74) is 0.951. The third-order valence-corrected chi connectivity index (χ3v) is 3.73. The van der Waals surface area contributed by atoms with Gasteiger partial charge in [0.05, 0.1) is 0 Å². The van der Waals surface area contributed by atoms with Gasteiger partial charge in [-0.2, -0.15) is 0 Å². The summed E-state index contributed by atoms with van der Waals surface area (Å²) in [7, 11) is 0. The molecule has 7 nitrogen and oxygen atoms in total. The van der Waals surface area contributed by atoms with Crippen molar-refractivity contribution in [3.8, 4) is 0 Å². The molecular formula is C16H18N4O3. The van der Waals surface area contributed by atoms with Crippen LogP contribution in [0.3, 0.4) is 0 Å². The SMILES string of the molecule is O=C(OCc1ccccc1)N1CCN(C(=O)c2ncc[nH]2)CC1. The number of nitrogens with zero attached hydrogens (tertiary/aromatic N) is 3. The van der Waals surface area contributed by atoms with E-state index < -0.39 is 0 Å². The molecule has 23 heavy (non-hydrogen) atoms. The maximum absolute atomic E-state index is 12.1. The fourth-order valence-electron chi connectivity index (χ4n) is 2.43. The lowest BCUT2D eigenvalue weighted by Gasteiger charge is -2.33. The van der Waals surface area contributed by atoms with E-state index in [1.807, 2.05) is 30.3 Å². The molecule has 0 saturated carbocycles. The highest BCUT2D eigenvalue weighted by molar-refractivity contribution is 5.90. The molecule has 2 heterocycles. The second-order valence-corrected chi connectivity index (χ2v) is 5.26. The number of hydrogen-bond donors (Lipinski definition) is 1. The third kappa shape index (κ3) is 3.68. The summed E-state index contributed by atoms with van der Waals surface area (Å²) in [6.45, 7) is 2.12. The summed E-state index contributed by atoms with van der Waals surface area (Å²) in [6, 6.07) is 9.55. The highest BCUT2D eigenvalue weighted by Crippen LogP contribution is 2.08. The van der Waals surface area contributed by atoms with Crippen molar-refractivity contribution in [2.45, 2.75) is 6.61 Å². The molecule has 0 bridgehead atoms. The minimum atomic E-state index is -0.348. The maximum atomic E-state index is 12.1. The maximum Gasteiger partial charge on any atom is 0.410 e. The fourth-order valence-corrected chi connectivity index (χ4v) is 2.43. The molecule has 2 aromatic rings. The van der Waals surface area contributed by atoms with E-state index in [2.05, 4.69) is 9.97 Å². The monoisotopic (exact) mass is 314 g/mol. The minimum Gasteiger partial charge on any atom is -0.445 e. The van der Waals surface area contributed by atoms with Crippen molar-refractivity contribution in [1.82, 2.24) is 19.8 Å². The standard InChI is InChI=1S/C16H18N4O3/c21-15(14-17-6-7-18-14)19-8-10-20(11-9-19)16(22)23-12-13-4-2-1-3-5-13/h1-7H,8-12H2,(H,17,18). The van der Waals surface area contributed by atoms with Crippen molar-refractivity contribution in [1.29, 1.82) is 0 Å². The van der Waals surface area contributed by atoms with Crippen molar-refractivity contribution in [2.75, 3.05) is 26.2 Å². The summed E-state index contributed by atoms with van der Waals surface area (Å²) in [4.78, 5) is 34.3. The van der Waals surface area contributed by atoms with Gasteiger partial charge in [-0.15, -0.1) is 0 Å². The zero-order valence-electron chi connectivity index (χ0n) is 12.6. The van der Waals surface area contributed by atoms with Crippen molar-refractivity contribution >= 4 is 12.0 Å². The molecule has 1 saturated heterocycles. The number of rotatable bonds is 3. The van der Waals surface area contributed by atoms with E-state index in [1.54, 1.807) is 22.2 Å². The summed E-state index contributed by atoms with van der Waals surface area (Å²) < 4.78 is 5.30. The largest absolute Gasteiger partial charge is 0.445 e. The predicted molar refractivity (Wildman–Crippen MR) is 82.7 cm³/mol. The molecule has 1 aromatic heterocycles. The number of imidazole rings is 1. The molecule has 0 spiro atoms. The van der Waals surface area contributed by atoms with E-state index in [1.165, 1.54) is 0 Å². The molecular weight excluding hydrogens is 296 g/mol. The predicted octanol–water partition coefficient (Wildman–Crippen LogP) is 1.50. The number of benzene rings is 1. The molecule has 0 atom stereocenters. The average molecular weight is 314 g/mol. The Balaban J connectivity index is 1.47. The van der Waals surface area contributed by atoms with Crippen molar-refractivity contribution in [2.24, 2.45) is 0 Å². The van der Waals surface area contributed by atoms with Gasteiger partial charge in [-0.3, -0.25) is 4.79 Å². The zero-order valence-corrected chi connectivity index (χ0v) is 12.6. The van der Waals surface area contributed by atoms with Gasteiger partial charge >= 0.3 is 6.09 Å². The summed E-state index contributed by atoms with van der Waals surface area (Å²) in [5.74, 6) is 0.178. The van der Waals surface area contributed by atoms with E-state index in [9.17, 15) is 9.59 Å². The number of piperazine rings is 1. The van der Waals surface area contributed by atoms with Crippen molar-refractivity contribution in [3.63, 3.8) is 0 Å². The number of hydrogen-bond acceptors (Lipinski definition) is 4. The first-order valence-electron chi connectivity index (χ1n) is 7.48. The van der Waals surface area contributed by atoms with Gasteiger partial charge < -0.3 is 19.5 Å². The number of ether oxygens (including phenoxy) is 1. The van der Waals surface area contributed by atoms with Gasteiger partial charge in [0.1, 0.15) is 6.61 Å². The first kappa shape index (κ1) is 15.1. The van der Waals surface area contributed by atoms with E-state index in [0.29, 0.717) is 32.0 Å². The van der Waals surface area contributed by atoms with Gasteiger partial charge in [-0.1, -0.05) is 30.3 Å². The van der Waals surface area contributed by atoms with E-state index in [0.717, 1.165) is 5.56 Å². The Kier molecular flexibility index (Phi) is 4.56. The Morgan fingerprint density at radius 1 is 1.09 bits per heavy atom. The van der Waals surface area contributed by atoms with Gasteiger partial charge in [0.25, 0.3) is 5.91 Å². The minimum absolute atomic E-state index is 0.146. The number of carbonyl (C=O) groups excluding carboxylic acids is 2. The normalized spacial score (nSPS) is 14.6. The lowest BCUT2D eigenvalue weighted by atomic mass is 10.2. The molecule has 120 valence electrons. The van der Waals surface area contributed by atoms with Gasteiger partial charge in [-0.25, -0.2) is 9.78 Å². The Morgan fingerprint density at radius 3 is 2.43 bits per heavy atom. The number of aromatic nitrogens is 2. The molecule has 1 fully saturated rings. The summed E-state index contributed by atoms with van der Waals surface area (Å²) in [5, 5.41) is 0. The van der Waals surface area contributed by atoms with Gasteiger partial charge in [0.15, 0.2) is 5.82 Å². The molecule has 0 radical (unpaired) electrons. The molecule has 2 amide bonds. The first-order chi connectivity index (χ1) is 11.2. The molecule has 1 aliphatic rings. The van der Waals surface area contributed by atoms with Gasteiger partial charge in [0.2, 0.25) is 0 Å². The zero-order chi connectivity index (χ0) is 16.1. The molecule has 1 aromatic carbocycles. The Morgan fingerprint density at radius 2 is 1.78 bits per heavy atom. The lowest BCUT2D eigenvalue weighted by molar-refractivity contribution is 0.0536. The van der Waals surface area contributed by atoms with Crippen LogP contribution in [0.25, 0.3) is 0 Å². The van der Waals surface area contributed by atoms with Crippen LogP contribution in [0.4, 0.5) is 4.79 Å². The molecule has 1 aliphatic heterocycles. The Bertz CT molecular complexity index is 649. The Labute approximate surface area is 133 Å². The van der Waals surface area contributed by atoms with Gasteiger partial charge in [-0.05, 0) is 5.56 Å². The topological polar surface area (TPSA) is 78.5 Å². The number of amides is 2. The third-order valence-electron chi connectivity index (χ3n) is 3.73. The number of H-pyrrole nitrogens is 1. The fraction of sp³-hybridized carbons (Fsp3) is 0.312. The van der Waals surface area contributed by atoms with Crippen molar-refractivity contribution < 1.29 is 14.3 Å². The van der Waals surface area contributed by atoms with Crippen molar-refractivity contribution in [3.05, 3.63) is 54.1 Å². The highest BCUT2D eigenvalue weighted by Gasteiger charge is 2.26. The van der Waals surface area contributed by atoms with E-state index >= 15 is 0 Å². The van der Waals surface area contributed by atoms with Crippen LogP contribution in [-0.2, 0) is 11.3 Å². The molecule has 1 N–H and O–H groups in total. The van der Waals surface area contributed by atoms with Crippen LogP contribution < -0.4 is 0 Å². The molecule has 0 aliphatic carbocycles.